The van der Waals surface area contributed by atoms with Crippen molar-refractivity contribution in [2.45, 2.75) is 19.4 Å². The van der Waals surface area contributed by atoms with Gasteiger partial charge in [-0.25, -0.2) is 4.98 Å². The Morgan fingerprint density at radius 2 is 2.18 bits per heavy atom. The number of aliphatic carboxylic acids is 1. The van der Waals surface area contributed by atoms with E-state index in [-0.39, 0.29) is 5.56 Å². The average Bonchev–Trinajstić information content (AvgIpc) is 3.10. The van der Waals surface area contributed by atoms with Crippen molar-refractivity contribution in [1.29, 1.82) is 0 Å². The predicted octanol–water partition coefficient (Wildman–Crippen LogP) is 2.02. The summed E-state index contributed by atoms with van der Waals surface area (Å²) in [7, 11) is 1.77. The molecule has 1 aliphatic heterocycles. The minimum Gasteiger partial charge on any atom is -0.481 e. The third kappa shape index (κ3) is 3.79. The lowest BCUT2D eigenvalue weighted by Crippen LogP contribution is -2.20. The molecular weight excluding hydrogens is 302 g/mol. The lowest BCUT2D eigenvalue weighted by molar-refractivity contribution is -0.134. The molecule has 22 heavy (non-hydrogen) atoms. The smallest absolute Gasteiger partial charge is 0.300 e. The zero-order chi connectivity index (χ0) is 16.1. The van der Waals surface area contributed by atoms with E-state index >= 15 is 0 Å². The summed E-state index contributed by atoms with van der Waals surface area (Å²) >= 11 is 1.96. The maximum Gasteiger partial charge on any atom is 0.300 e. The SMILES string of the molecule is CC(=O)O.Cn1cccc(-c2nccn2C2CCSC2)c1=O. The highest BCUT2D eigenvalue weighted by molar-refractivity contribution is 7.99. The van der Waals surface area contributed by atoms with Crippen LogP contribution in [-0.4, -0.2) is 36.7 Å². The number of carbonyl (C=O) groups is 1. The quantitative estimate of drug-likeness (QED) is 0.915. The molecule has 0 radical (unpaired) electrons. The first-order valence-corrected chi connectivity index (χ1v) is 8.12. The molecule has 0 bridgehead atoms. The summed E-state index contributed by atoms with van der Waals surface area (Å²) in [6.07, 6.45) is 6.69. The van der Waals surface area contributed by atoms with E-state index < -0.39 is 5.97 Å². The van der Waals surface area contributed by atoms with Gasteiger partial charge in [0, 0.05) is 44.4 Å². The van der Waals surface area contributed by atoms with Gasteiger partial charge in [-0.2, -0.15) is 11.8 Å². The number of hydrogen-bond donors (Lipinski definition) is 1. The summed E-state index contributed by atoms with van der Waals surface area (Å²) in [6.45, 7) is 1.08. The van der Waals surface area contributed by atoms with E-state index in [1.807, 2.05) is 30.1 Å². The Kier molecular flexibility index (Phi) is 5.43. The van der Waals surface area contributed by atoms with Gasteiger partial charge in [-0.15, -0.1) is 0 Å². The van der Waals surface area contributed by atoms with Gasteiger partial charge in [-0.1, -0.05) is 0 Å². The number of aryl methyl sites for hydroxylation is 1. The Balaban J connectivity index is 0.000000396. The van der Waals surface area contributed by atoms with Crippen molar-refractivity contribution in [1.82, 2.24) is 14.1 Å². The predicted molar refractivity (Wildman–Crippen MR) is 87.2 cm³/mol. The Hall–Kier alpha value is -2.02. The minimum atomic E-state index is -0.833. The fourth-order valence-electron chi connectivity index (χ4n) is 2.33. The van der Waals surface area contributed by atoms with Crippen LogP contribution in [0, 0.1) is 0 Å². The summed E-state index contributed by atoms with van der Waals surface area (Å²) in [5, 5.41) is 7.42. The topological polar surface area (TPSA) is 77.1 Å². The van der Waals surface area contributed by atoms with E-state index in [9.17, 15) is 4.79 Å². The molecule has 0 aliphatic carbocycles. The molecule has 1 N–H and O–H groups in total. The highest BCUT2D eigenvalue weighted by atomic mass is 32.2. The molecule has 1 saturated heterocycles. The summed E-state index contributed by atoms with van der Waals surface area (Å²) in [6, 6.07) is 4.21. The van der Waals surface area contributed by atoms with Gasteiger partial charge in [-0.3, -0.25) is 9.59 Å². The first kappa shape index (κ1) is 16.4. The molecule has 6 nitrogen and oxygen atoms in total. The van der Waals surface area contributed by atoms with Crippen molar-refractivity contribution >= 4 is 17.7 Å². The molecule has 3 rings (SSSR count). The summed E-state index contributed by atoms with van der Waals surface area (Å²) in [4.78, 5) is 25.5. The molecule has 0 spiro atoms. The number of thioether (sulfide) groups is 1. The molecule has 1 aliphatic rings. The standard InChI is InChI=1S/C13H15N3OS.C2H4O2/c1-15-6-2-3-11(13(15)17)12-14-5-7-16(12)10-4-8-18-9-10;1-2(3)4/h2-3,5-7,10H,4,8-9H2,1H3;1H3,(H,3,4). The minimum absolute atomic E-state index is 0.00981. The first-order chi connectivity index (χ1) is 10.5. The van der Waals surface area contributed by atoms with Crippen molar-refractivity contribution < 1.29 is 9.90 Å². The average molecular weight is 321 g/mol. The van der Waals surface area contributed by atoms with Gasteiger partial charge in [0.2, 0.25) is 0 Å². The lowest BCUT2D eigenvalue weighted by atomic mass is 10.2. The van der Waals surface area contributed by atoms with Crippen molar-refractivity contribution in [3.63, 3.8) is 0 Å². The second-order valence-corrected chi connectivity index (χ2v) is 6.18. The zero-order valence-electron chi connectivity index (χ0n) is 12.6. The van der Waals surface area contributed by atoms with Crippen LogP contribution in [0.25, 0.3) is 11.4 Å². The number of imidazole rings is 1. The second kappa shape index (κ2) is 7.31. The van der Waals surface area contributed by atoms with E-state index in [0.717, 1.165) is 24.9 Å². The number of hydrogen-bond acceptors (Lipinski definition) is 4. The number of rotatable bonds is 2. The van der Waals surface area contributed by atoms with Crippen molar-refractivity contribution in [3.05, 3.63) is 41.1 Å². The van der Waals surface area contributed by atoms with E-state index in [0.29, 0.717) is 11.6 Å². The zero-order valence-corrected chi connectivity index (χ0v) is 13.4. The van der Waals surface area contributed by atoms with Gasteiger partial charge in [-0.05, 0) is 24.3 Å². The monoisotopic (exact) mass is 321 g/mol. The van der Waals surface area contributed by atoms with Crippen LogP contribution < -0.4 is 5.56 Å². The largest absolute Gasteiger partial charge is 0.481 e. The number of carboxylic acid groups (broad SMARTS) is 1. The van der Waals surface area contributed by atoms with Gasteiger partial charge in [0.15, 0.2) is 0 Å². The molecule has 1 fully saturated rings. The Bertz CT molecular complexity index is 698. The van der Waals surface area contributed by atoms with Crippen LogP contribution >= 0.6 is 11.8 Å². The van der Waals surface area contributed by atoms with Crippen molar-refractivity contribution in [2.75, 3.05) is 11.5 Å². The van der Waals surface area contributed by atoms with Crippen LogP contribution in [0.5, 0.6) is 0 Å². The molecule has 3 heterocycles. The molecule has 1 unspecified atom stereocenters. The van der Waals surface area contributed by atoms with Gasteiger partial charge in [0.1, 0.15) is 5.82 Å². The van der Waals surface area contributed by atoms with E-state index in [1.165, 1.54) is 5.75 Å². The Labute approximate surface area is 132 Å². The van der Waals surface area contributed by atoms with Crippen molar-refractivity contribution in [3.8, 4) is 11.4 Å². The van der Waals surface area contributed by atoms with E-state index in [2.05, 4.69) is 9.55 Å². The third-order valence-corrected chi connectivity index (χ3v) is 4.48. The molecule has 2 aromatic rings. The number of pyridine rings is 1. The lowest BCUT2D eigenvalue weighted by Gasteiger charge is -2.14. The van der Waals surface area contributed by atoms with Gasteiger partial charge < -0.3 is 14.2 Å². The van der Waals surface area contributed by atoms with Crippen molar-refractivity contribution in [2.24, 2.45) is 7.05 Å². The molecule has 1 atom stereocenters. The van der Waals surface area contributed by atoms with Gasteiger partial charge in [0.05, 0.1) is 5.56 Å². The molecule has 2 aromatic heterocycles. The third-order valence-electron chi connectivity index (χ3n) is 3.33. The molecule has 7 heteroatoms. The molecule has 0 saturated carbocycles. The molecule has 0 amide bonds. The van der Waals surface area contributed by atoms with Crippen LogP contribution in [-0.2, 0) is 11.8 Å². The first-order valence-electron chi connectivity index (χ1n) is 6.97. The van der Waals surface area contributed by atoms with E-state index in [4.69, 9.17) is 9.90 Å². The summed E-state index contributed by atoms with van der Waals surface area (Å²) in [5.41, 5.74) is 0.692. The Morgan fingerprint density at radius 3 is 2.82 bits per heavy atom. The maximum atomic E-state index is 12.1. The fourth-order valence-corrected chi connectivity index (χ4v) is 3.53. The van der Waals surface area contributed by atoms with Crippen LogP contribution in [0.1, 0.15) is 19.4 Å². The Morgan fingerprint density at radius 1 is 1.45 bits per heavy atom. The maximum absolute atomic E-state index is 12.1. The fraction of sp³-hybridized carbons (Fsp3) is 0.400. The molecular formula is C15H19N3O3S. The van der Waals surface area contributed by atoms with Gasteiger partial charge >= 0.3 is 0 Å². The summed E-state index contributed by atoms with van der Waals surface area (Å²) < 4.78 is 3.74. The number of carboxylic acids is 1. The normalized spacial score (nSPS) is 16.9. The number of nitrogens with zero attached hydrogens (tertiary/aromatic N) is 3. The highest BCUT2D eigenvalue weighted by Gasteiger charge is 2.21. The summed E-state index contributed by atoms with van der Waals surface area (Å²) in [5.74, 6) is 2.26. The molecule has 0 aromatic carbocycles. The van der Waals surface area contributed by atoms with Crippen LogP contribution in [0.3, 0.4) is 0 Å². The van der Waals surface area contributed by atoms with Gasteiger partial charge in [0.25, 0.3) is 11.5 Å². The highest BCUT2D eigenvalue weighted by Crippen LogP contribution is 2.30. The second-order valence-electron chi connectivity index (χ2n) is 5.03. The number of aromatic nitrogens is 3. The van der Waals surface area contributed by atoms with Crippen LogP contribution in [0.2, 0.25) is 0 Å². The van der Waals surface area contributed by atoms with Crippen LogP contribution in [0.4, 0.5) is 0 Å². The van der Waals surface area contributed by atoms with Crippen LogP contribution in [0.15, 0.2) is 35.5 Å². The van der Waals surface area contributed by atoms with E-state index in [1.54, 1.807) is 24.0 Å². The molecule has 118 valence electrons.